The second kappa shape index (κ2) is 6.83. The Morgan fingerprint density at radius 1 is 1.24 bits per heavy atom. The summed E-state index contributed by atoms with van der Waals surface area (Å²) in [5.41, 5.74) is 1.56. The Bertz CT molecular complexity index is 627. The van der Waals surface area contributed by atoms with Gasteiger partial charge in [0.2, 0.25) is 0 Å². The second-order valence-corrected chi connectivity index (χ2v) is 5.53. The fourth-order valence-electron chi connectivity index (χ4n) is 2.10. The molecule has 21 heavy (non-hydrogen) atoms. The number of ketones is 1. The average Bonchev–Trinajstić information content (AvgIpc) is 2.48. The standard InChI is InChI=1S/C17H17ClFNO/c1-12(17(21)14-4-3-5-15(18)10-14)20(2)11-13-6-8-16(19)9-7-13/h3-10,12H,11H2,1-2H3. The van der Waals surface area contributed by atoms with Crippen molar-refractivity contribution in [3.8, 4) is 0 Å². The molecule has 2 aromatic carbocycles. The van der Waals surface area contributed by atoms with Crippen molar-refractivity contribution in [3.05, 3.63) is 70.5 Å². The lowest BCUT2D eigenvalue weighted by atomic mass is 10.0. The van der Waals surface area contributed by atoms with Gasteiger partial charge < -0.3 is 0 Å². The molecular weight excluding hydrogens is 289 g/mol. The predicted octanol–water partition coefficient (Wildman–Crippen LogP) is 4.18. The van der Waals surface area contributed by atoms with Gasteiger partial charge in [0.25, 0.3) is 0 Å². The molecule has 4 heteroatoms. The highest BCUT2D eigenvalue weighted by atomic mass is 35.5. The van der Waals surface area contributed by atoms with E-state index in [0.717, 1.165) is 5.56 Å². The van der Waals surface area contributed by atoms with Crippen LogP contribution in [0.4, 0.5) is 4.39 Å². The minimum atomic E-state index is -0.284. The summed E-state index contributed by atoms with van der Waals surface area (Å²) in [7, 11) is 1.87. The smallest absolute Gasteiger partial charge is 0.179 e. The highest BCUT2D eigenvalue weighted by molar-refractivity contribution is 6.31. The molecule has 0 aliphatic heterocycles. The number of hydrogen-bond acceptors (Lipinski definition) is 2. The first kappa shape index (κ1) is 15.7. The van der Waals surface area contributed by atoms with Gasteiger partial charge in [-0.3, -0.25) is 9.69 Å². The lowest BCUT2D eigenvalue weighted by Gasteiger charge is -2.23. The number of benzene rings is 2. The summed E-state index contributed by atoms with van der Waals surface area (Å²) in [4.78, 5) is 14.3. The van der Waals surface area contributed by atoms with E-state index < -0.39 is 0 Å². The van der Waals surface area contributed by atoms with Crippen molar-refractivity contribution in [2.24, 2.45) is 0 Å². The molecule has 0 aliphatic rings. The van der Waals surface area contributed by atoms with Gasteiger partial charge in [-0.2, -0.15) is 0 Å². The summed E-state index contributed by atoms with van der Waals surface area (Å²) in [5, 5.41) is 0.550. The molecule has 0 bridgehead atoms. The number of nitrogens with zero attached hydrogens (tertiary/aromatic N) is 1. The lowest BCUT2D eigenvalue weighted by Crippen LogP contribution is -2.35. The first-order chi connectivity index (χ1) is 9.97. The number of Topliss-reactive ketones (excluding diaryl/α,β-unsaturated/α-hetero) is 1. The van der Waals surface area contributed by atoms with Crippen molar-refractivity contribution in [2.45, 2.75) is 19.5 Å². The number of halogens is 2. The molecule has 0 fully saturated rings. The fourth-order valence-corrected chi connectivity index (χ4v) is 2.29. The maximum atomic E-state index is 12.9. The number of rotatable bonds is 5. The number of carbonyl (C=O) groups is 1. The lowest BCUT2D eigenvalue weighted by molar-refractivity contribution is 0.0862. The molecule has 2 rings (SSSR count). The van der Waals surface area contributed by atoms with Crippen LogP contribution in [0.3, 0.4) is 0 Å². The summed E-state index contributed by atoms with van der Waals surface area (Å²) in [6.45, 7) is 2.43. The summed E-state index contributed by atoms with van der Waals surface area (Å²) in [6, 6.07) is 13.0. The first-order valence-corrected chi connectivity index (χ1v) is 7.09. The van der Waals surface area contributed by atoms with Gasteiger partial charge in [-0.25, -0.2) is 4.39 Å². The molecule has 0 heterocycles. The summed E-state index contributed by atoms with van der Waals surface area (Å²) >= 11 is 5.92. The first-order valence-electron chi connectivity index (χ1n) is 6.72. The zero-order valence-electron chi connectivity index (χ0n) is 12.0. The van der Waals surface area contributed by atoms with Crippen molar-refractivity contribution >= 4 is 17.4 Å². The Balaban J connectivity index is 2.06. The van der Waals surface area contributed by atoms with E-state index in [4.69, 9.17) is 11.6 Å². The SMILES string of the molecule is CC(C(=O)c1cccc(Cl)c1)N(C)Cc1ccc(F)cc1. The highest BCUT2D eigenvalue weighted by Gasteiger charge is 2.19. The number of hydrogen-bond donors (Lipinski definition) is 0. The minimum Gasteiger partial charge on any atom is -0.292 e. The van der Waals surface area contributed by atoms with Gasteiger partial charge in [0.1, 0.15) is 5.82 Å². The van der Waals surface area contributed by atoms with Crippen LogP contribution in [0.2, 0.25) is 5.02 Å². The van der Waals surface area contributed by atoms with Crippen LogP contribution in [0.1, 0.15) is 22.8 Å². The van der Waals surface area contributed by atoms with Crippen molar-refractivity contribution in [3.63, 3.8) is 0 Å². The molecule has 0 spiro atoms. The zero-order chi connectivity index (χ0) is 15.4. The van der Waals surface area contributed by atoms with E-state index in [1.807, 2.05) is 18.9 Å². The van der Waals surface area contributed by atoms with Crippen LogP contribution in [0, 0.1) is 5.82 Å². The zero-order valence-corrected chi connectivity index (χ0v) is 12.8. The van der Waals surface area contributed by atoms with Gasteiger partial charge in [0.15, 0.2) is 5.78 Å². The third kappa shape index (κ3) is 4.13. The van der Waals surface area contributed by atoms with Crippen molar-refractivity contribution < 1.29 is 9.18 Å². The van der Waals surface area contributed by atoms with E-state index in [1.165, 1.54) is 12.1 Å². The number of likely N-dealkylation sites (N-methyl/N-ethyl adjacent to an activating group) is 1. The van der Waals surface area contributed by atoms with Gasteiger partial charge in [-0.1, -0.05) is 35.9 Å². The molecule has 0 saturated carbocycles. The monoisotopic (exact) mass is 305 g/mol. The topological polar surface area (TPSA) is 20.3 Å². The van der Waals surface area contributed by atoms with Crippen molar-refractivity contribution in [1.29, 1.82) is 0 Å². The molecule has 1 unspecified atom stereocenters. The molecule has 0 amide bonds. The van der Waals surface area contributed by atoms with Gasteiger partial charge in [0, 0.05) is 17.1 Å². The van der Waals surface area contributed by atoms with Crippen molar-refractivity contribution in [2.75, 3.05) is 7.05 Å². The Morgan fingerprint density at radius 3 is 2.52 bits per heavy atom. The van der Waals surface area contributed by atoms with E-state index in [1.54, 1.807) is 36.4 Å². The van der Waals surface area contributed by atoms with E-state index in [0.29, 0.717) is 17.1 Å². The molecule has 110 valence electrons. The second-order valence-electron chi connectivity index (χ2n) is 5.09. The fraction of sp³-hybridized carbons (Fsp3) is 0.235. The molecular formula is C17H17ClFNO. The van der Waals surface area contributed by atoms with Crippen LogP contribution in [0.15, 0.2) is 48.5 Å². The molecule has 0 aromatic heterocycles. The van der Waals surface area contributed by atoms with E-state index in [2.05, 4.69) is 0 Å². The Labute approximate surface area is 129 Å². The van der Waals surface area contributed by atoms with Crippen LogP contribution < -0.4 is 0 Å². The van der Waals surface area contributed by atoms with Crippen molar-refractivity contribution in [1.82, 2.24) is 4.90 Å². The van der Waals surface area contributed by atoms with E-state index >= 15 is 0 Å². The third-order valence-electron chi connectivity index (χ3n) is 3.49. The molecule has 2 aromatic rings. The minimum absolute atomic E-state index is 0.0158. The third-order valence-corrected chi connectivity index (χ3v) is 3.73. The van der Waals surface area contributed by atoms with Crippen LogP contribution in [0.25, 0.3) is 0 Å². The quantitative estimate of drug-likeness (QED) is 0.772. The Morgan fingerprint density at radius 2 is 1.90 bits per heavy atom. The summed E-state index contributed by atoms with van der Waals surface area (Å²) in [5.74, 6) is -0.244. The maximum Gasteiger partial charge on any atom is 0.179 e. The maximum absolute atomic E-state index is 12.9. The van der Waals surface area contributed by atoms with Crippen LogP contribution in [-0.4, -0.2) is 23.8 Å². The molecule has 2 nitrogen and oxygen atoms in total. The highest BCUT2D eigenvalue weighted by Crippen LogP contribution is 2.15. The Kier molecular flexibility index (Phi) is 5.10. The molecule has 0 N–H and O–H groups in total. The summed E-state index contributed by atoms with van der Waals surface area (Å²) in [6.07, 6.45) is 0. The average molecular weight is 306 g/mol. The molecule has 0 aliphatic carbocycles. The van der Waals surface area contributed by atoms with Gasteiger partial charge in [0.05, 0.1) is 6.04 Å². The predicted molar refractivity (Wildman–Crippen MR) is 83.1 cm³/mol. The van der Waals surface area contributed by atoms with Gasteiger partial charge in [-0.05, 0) is 43.8 Å². The normalized spacial score (nSPS) is 12.4. The van der Waals surface area contributed by atoms with E-state index in [9.17, 15) is 9.18 Å². The summed E-state index contributed by atoms with van der Waals surface area (Å²) < 4.78 is 12.9. The van der Waals surface area contributed by atoms with Gasteiger partial charge >= 0.3 is 0 Å². The molecule has 0 saturated heterocycles. The van der Waals surface area contributed by atoms with Crippen LogP contribution in [0.5, 0.6) is 0 Å². The van der Waals surface area contributed by atoms with Crippen LogP contribution >= 0.6 is 11.6 Å². The largest absolute Gasteiger partial charge is 0.292 e. The van der Waals surface area contributed by atoms with Crippen LogP contribution in [-0.2, 0) is 6.54 Å². The number of carbonyl (C=O) groups excluding carboxylic acids is 1. The van der Waals surface area contributed by atoms with Gasteiger partial charge in [-0.15, -0.1) is 0 Å². The Hall–Kier alpha value is -1.71. The molecule has 0 radical (unpaired) electrons. The van der Waals surface area contributed by atoms with E-state index in [-0.39, 0.29) is 17.6 Å². The molecule has 1 atom stereocenters.